The highest BCUT2D eigenvalue weighted by Crippen LogP contribution is 2.31. The van der Waals surface area contributed by atoms with E-state index in [1.165, 1.54) is 18.5 Å². The number of ether oxygens (including phenoxy) is 1. The maximum absolute atomic E-state index is 11.6. The molecule has 16 heavy (non-hydrogen) atoms. The van der Waals surface area contributed by atoms with Crippen molar-refractivity contribution in [3.8, 4) is 0 Å². The first-order valence-electron chi connectivity index (χ1n) is 6.26. The number of likely N-dealkylation sites (tertiary alicyclic amines) is 1. The minimum Gasteiger partial charge on any atom is -0.458 e. The van der Waals surface area contributed by atoms with Gasteiger partial charge in [0.05, 0.1) is 0 Å². The molecule has 2 aliphatic heterocycles. The number of carbonyl (C=O) groups is 1. The van der Waals surface area contributed by atoms with Crippen LogP contribution in [0.3, 0.4) is 0 Å². The summed E-state index contributed by atoms with van der Waals surface area (Å²) in [4.78, 5) is 13.9. The SMILES string of the molecule is CC(C)[C@@H]1OC(=O)C=C(N2CCCC2)[C@H]1C. The van der Waals surface area contributed by atoms with Crippen molar-refractivity contribution in [2.24, 2.45) is 11.8 Å². The van der Waals surface area contributed by atoms with Gasteiger partial charge in [-0.3, -0.25) is 0 Å². The van der Waals surface area contributed by atoms with Crippen LogP contribution in [-0.4, -0.2) is 30.1 Å². The van der Waals surface area contributed by atoms with E-state index >= 15 is 0 Å². The van der Waals surface area contributed by atoms with Crippen LogP contribution < -0.4 is 0 Å². The molecule has 1 fully saturated rings. The van der Waals surface area contributed by atoms with Crippen LogP contribution in [0.15, 0.2) is 11.8 Å². The maximum atomic E-state index is 11.6. The van der Waals surface area contributed by atoms with E-state index in [0.717, 1.165) is 13.1 Å². The third-order valence-electron chi connectivity index (χ3n) is 3.61. The maximum Gasteiger partial charge on any atom is 0.332 e. The molecule has 2 aliphatic rings. The first-order valence-corrected chi connectivity index (χ1v) is 6.26. The second-order valence-electron chi connectivity index (χ2n) is 5.20. The molecule has 90 valence electrons. The summed E-state index contributed by atoms with van der Waals surface area (Å²) >= 11 is 0. The number of hydrogen-bond donors (Lipinski definition) is 0. The quantitative estimate of drug-likeness (QED) is 0.672. The Morgan fingerprint density at radius 3 is 2.56 bits per heavy atom. The summed E-state index contributed by atoms with van der Waals surface area (Å²) in [5.41, 5.74) is 1.19. The lowest BCUT2D eigenvalue weighted by Crippen LogP contribution is -2.39. The second-order valence-corrected chi connectivity index (χ2v) is 5.20. The zero-order valence-electron chi connectivity index (χ0n) is 10.4. The first kappa shape index (κ1) is 11.5. The van der Waals surface area contributed by atoms with Gasteiger partial charge in [0.1, 0.15) is 6.10 Å². The molecule has 3 nitrogen and oxygen atoms in total. The Kier molecular flexibility index (Phi) is 3.22. The molecular weight excluding hydrogens is 202 g/mol. The van der Waals surface area contributed by atoms with E-state index in [4.69, 9.17) is 4.74 Å². The number of esters is 1. The zero-order chi connectivity index (χ0) is 11.7. The molecule has 0 aromatic heterocycles. The number of cyclic esters (lactones) is 1. The van der Waals surface area contributed by atoms with Crippen LogP contribution in [0, 0.1) is 11.8 Å². The molecule has 2 rings (SSSR count). The van der Waals surface area contributed by atoms with E-state index in [2.05, 4.69) is 25.7 Å². The topological polar surface area (TPSA) is 29.5 Å². The van der Waals surface area contributed by atoms with Gasteiger partial charge in [0.15, 0.2) is 0 Å². The lowest BCUT2D eigenvalue weighted by molar-refractivity contribution is -0.150. The van der Waals surface area contributed by atoms with Crippen LogP contribution >= 0.6 is 0 Å². The molecule has 0 amide bonds. The highest BCUT2D eigenvalue weighted by molar-refractivity contribution is 5.84. The van der Waals surface area contributed by atoms with E-state index < -0.39 is 0 Å². The largest absolute Gasteiger partial charge is 0.458 e. The fourth-order valence-electron chi connectivity index (χ4n) is 2.76. The average molecular weight is 223 g/mol. The van der Waals surface area contributed by atoms with E-state index in [0.29, 0.717) is 11.8 Å². The van der Waals surface area contributed by atoms with Crippen molar-refractivity contribution in [1.29, 1.82) is 0 Å². The van der Waals surface area contributed by atoms with Gasteiger partial charge in [0, 0.05) is 30.8 Å². The van der Waals surface area contributed by atoms with Gasteiger partial charge < -0.3 is 9.64 Å². The van der Waals surface area contributed by atoms with Gasteiger partial charge in [-0.2, -0.15) is 0 Å². The van der Waals surface area contributed by atoms with Crippen LogP contribution in [-0.2, 0) is 9.53 Å². The molecule has 0 aromatic carbocycles. The fraction of sp³-hybridized carbons (Fsp3) is 0.769. The molecule has 0 aliphatic carbocycles. The van der Waals surface area contributed by atoms with Gasteiger partial charge in [0.2, 0.25) is 0 Å². The Hall–Kier alpha value is -0.990. The molecule has 0 aromatic rings. The van der Waals surface area contributed by atoms with Crippen molar-refractivity contribution < 1.29 is 9.53 Å². The Morgan fingerprint density at radius 2 is 2.00 bits per heavy atom. The molecular formula is C13H21NO2. The predicted molar refractivity (Wildman–Crippen MR) is 62.8 cm³/mol. The van der Waals surface area contributed by atoms with Gasteiger partial charge >= 0.3 is 5.97 Å². The second kappa shape index (κ2) is 4.48. The molecule has 0 saturated carbocycles. The summed E-state index contributed by atoms with van der Waals surface area (Å²) in [6, 6.07) is 0. The molecule has 3 heteroatoms. The summed E-state index contributed by atoms with van der Waals surface area (Å²) in [6.45, 7) is 8.58. The van der Waals surface area contributed by atoms with Crippen molar-refractivity contribution in [3.05, 3.63) is 11.8 Å². The molecule has 0 N–H and O–H groups in total. The summed E-state index contributed by atoms with van der Waals surface area (Å²) in [5.74, 6) is 0.541. The third-order valence-corrected chi connectivity index (χ3v) is 3.61. The first-order chi connectivity index (χ1) is 7.59. The van der Waals surface area contributed by atoms with Gasteiger partial charge in [-0.1, -0.05) is 20.8 Å². The Morgan fingerprint density at radius 1 is 1.38 bits per heavy atom. The number of nitrogens with zero attached hydrogens (tertiary/aromatic N) is 1. The van der Waals surface area contributed by atoms with Crippen LogP contribution in [0.1, 0.15) is 33.6 Å². The minimum atomic E-state index is -0.168. The van der Waals surface area contributed by atoms with E-state index in [9.17, 15) is 4.79 Å². The Bertz CT molecular complexity index is 303. The number of hydrogen-bond acceptors (Lipinski definition) is 3. The van der Waals surface area contributed by atoms with E-state index in [1.807, 2.05) is 0 Å². The van der Waals surface area contributed by atoms with Crippen molar-refractivity contribution in [3.63, 3.8) is 0 Å². The fourth-order valence-corrected chi connectivity index (χ4v) is 2.76. The van der Waals surface area contributed by atoms with Crippen LogP contribution in [0.5, 0.6) is 0 Å². The third kappa shape index (κ3) is 2.08. The standard InChI is InChI=1S/C13H21NO2/c1-9(2)13-10(3)11(8-12(15)16-13)14-6-4-5-7-14/h8-10,13H,4-7H2,1-3H3/t10-,13+/m1/s1. The molecule has 2 heterocycles. The highest BCUT2D eigenvalue weighted by Gasteiger charge is 2.34. The Balaban J connectivity index is 2.18. The van der Waals surface area contributed by atoms with E-state index in [1.54, 1.807) is 6.08 Å². The molecule has 0 bridgehead atoms. The molecule has 1 saturated heterocycles. The average Bonchev–Trinajstić information content (AvgIpc) is 2.73. The van der Waals surface area contributed by atoms with Gasteiger partial charge in [-0.05, 0) is 18.8 Å². The normalized spacial score (nSPS) is 30.6. The summed E-state index contributed by atoms with van der Waals surface area (Å²) < 4.78 is 5.41. The summed E-state index contributed by atoms with van der Waals surface area (Å²) in [7, 11) is 0. The highest BCUT2D eigenvalue weighted by atomic mass is 16.5. The molecule has 0 spiro atoms. The number of carbonyl (C=O) groups excluding carboxylic acids is 1. The van der Waals surface area contributed by atoms with Crippen molar-refractivity contribution in [1.82, 2.24) is 4.90 Å². The van der Waals surface area contributed by atoms with E-state index in [-0.39, 0.29) is 12.1 Å². The lowest BCUT2D eigenvalue weighted by atomic mass is 9.89. The van der Waals surface area contributed by atoms with Crippen LogP contribution in [0.4, 0.5) is 0 Å². The summed E-state index contributed by atoms with van der Waals surface area (Å²) in [6.07, 6.45) is 4.21. The predicted octanol–water partition coefficient (Wildman–Crippen LogP) is 2.18. The zero-order valence-corrected chi connectivity index (χ0v) is 10.4. The van der Waals surface area contributed by atoms with Crippen LogP contribution in [0.25, 0.3) is 0 Å². The molecule has 0 radical (unpaired) electrons. The van der Waals surface area contributed by atoms with Crippen LogP contribution in [0.2, 0.25) is 0 Å². The Labute approximate surface area is 97.5 Å². The minimum absolute atomic E-state index is 0.0353. The number of rotatable bonds is 2. The van der Waals surface area contributed by atoms with Gasteiger partial charge in [-0.15, -0.1) is 0 Å². The monoisotopic (exact) mass is 223 g/mol. The summed E-state index contributed by atoms with van der Waals surface area (Å²) in [5, 5.41) is 0. The van der Waals surface area contributed by atoms with Crippen molar-refractivity contribution >= 4 is 5.97 Å². The van der Waals surface area contributed by atoms with Gasteiger partial charge in [0.25, 0.3) is 0 Å². The van der Waals surface area contributed by atoms with Gasteiger partial charge in [-0.25, -0.2) is 4.79 Å². The van der Waals surface area contributed by atoms with Crippen molar-refractivity contribution in [2.75, 3.05) is 13.1 Å². The molecule has 0 unspecified atom stereocenters. The lowest BCUT2D eigenvalue weighted by Gasteiger charge is -2.36. The smallest absolute Gasteiger partial charge is 0.332 e. The molecule has 2 atom stereocenters. The van der Waals surface area contributed by atoms with Crippen molar-refractivity contribution in [2.45, 2.75) is 39.7 Å².